The van der Waals surface area contributed by atoms with Gasteiger partial charge in [-0.3, -0.25) is 4.72 Å². The molecular weight excluding hydrogens is 386 g/mol. The average Bonchev–Trinajstić information content (AvgIpc) is 3.07. The number of nitrogens with one attached hydrogen (secondary N) is 1. The number of fused-ring (bicyclic) bond motifs is 1. The Morgan fingerprint density at radius 1 is 1.19 bits per heavy atom. The van der Waals surface area contributed by atoms with E-state index in [0.29, 0.717) is 18.9 Å². The monoisotopic (exact) mass is 405 g/mol. The summed E-state index contributed by atoms with van der Waals surface area (Å²) in [6.07, 6.45) is 0. The molecule has 142 valence electrons. The summed E-state index contributed by atoms with van der Waals surface area (Å²) in [4.78, 5) is 6.66. The summed E-state index contributed by atoms with van der Waals surface area (Å²) in [5, 5.41) is 10.8. The molecule has 0 atom stereocenters. The van der Waals surface area contributed by atoms with Crippen LogP contribution in [0.5, 0.6) is 5.75 Å². The third-order valence-corrected chi connectivity index (χ3v) is 6.81. The SMILES string of the molecule is Cc1ccc(O)c(S(=O)(=O)Nc2ccc3nc(N4CCOCC4)sc3c2)c1. The Morgan fingerprint density at radius 2 is 1.96 bits per heavy atom. The van der Waals surface area contributed by atoms with Gasteiger partial charge >= 0.3 is 0 Å². The summed E-state index contributed by atoms with van der Waals surface area (Å²) in [5.41, 5.74) is 2.00. The van der Waals surface area contributed by atoms with Crippen LogP contribution in [0.4, 0.5) is 10.8 Å². The van der Waals surface area contributed by atoms with Gasteiger partial charge in [0.2, 0.25) is 0 Å². The van der Waals surface area contributed by atoms with Crippen molar-refractivity contribution in [1.29, 1.82) is 0 Å². The molecule has 1 aliphatic rings. The number of phenolic OH excluding ortho intramolecular Hbond substituents is 1. The number of benzene rings is 2. The van der Waals surface area contributed by atoms with Gasteiger partial charge in [0.15, 0.2) is 5.13 Å². The highest BCUT2D eigenvalue weighted by Crippen LogP contribution is 2.32. The van der Waals surface area contributed by atoms with Crippen LogP contribution >= 0.6 is 11.3 Å². The second kappa shape index (κ2) is 6.99. The number of ether oxygens (including phenoxy) is 1. The van der Waals surface area contributed by atoms with Crippen LogP contribution in [-0.2, 0) is 14.8 Å². The number of hydrogen-bond acceptors (Lipinski definition) is 7. The third kappa shape index (κ3) is 3.71. The maximum absolute atomic E-state index is 12.7. The fraction of sp³-hybridized carbons (Fsp3) is 0.278. The molecular formula is C18H19N3O4S2. The quantitative estimate of drug-likeness (QED) is 0.693. The lowest BCUT2D eigenvalue weighted by molar-refractivity contribution is 0.122. The van der Waals surface area contributed by atoms with Crippen molar-refractivity contribution in [3.63, 3.8) is 0 Å². The molecule has 0 saturated carbocycles. The molecule has 3 aromatic rings. The van der Waals surface area contributed by atoms with Gasteiger partial charge in [-0.25, -0.2) is 13.4 Å². The maximum atomic E-state index is 12.7. The molecule has 27 heavy (non-hydrogen) atoms. The molecule has 1 fully saturated rings. The van der Waals surface area contributed by atoms with E-state index in [4.69, 9.17) is 4.74 Å². The second-order valence-electron chi connectivity index (χ2n) is 6.36. The second-order valence-corrected chi connectivity index (χ2v) is 9.01. The minimum absolute atomic E-state index is 0.138. The Morgan fingerprint density at radius 3 is 2.74 bits per heavy atom. The molecule has 1 saturated heterocycles. The Balaban J connectivity index is 1.63. The minimum atomic E-state index is -3.89. The van der Waals surface area contributed by atoms with E-state index >= 15 is 0 Å². The van der Waals surface area contributed by atoms with E-state index in [1.165, 1.54) is 23.5 Å². The fourth-order valence-electron chi connectivity index (χ4n) is 2.91. The molecule has 9 heteroatoms. The number of rotatable bonds is 4. The summed E-state index contributed by atoms with van der Waals surface area (Å²) in [7, 11) is -3.89. The van der Waals surface area contributed by atoms with Gasteiger partial charge in [0.25, 0.3) is 10.0 Å². The van der Waals surface area contributed by atoms with Crippen LogP contribution in [0.2, 0.25) is 0 Å². The first-order chi connectivity index (χ1) is 12.9. The van der Waals surface area contributed by atoms with E-state index in [9.17, 15) is 13.5 Å². The average molecular weight is 406 g/mol. The minimum Gasteiger partial charge on any atom is -0.507 e. The standard InChI is InChI=1S/C18H19N3O4S2/c1-12-2-5-15(22)17(10-12)27(23,24)20-13-3-4-14-16(11-13)26-18(19-14)21-6-8-25-9-7-21/h2-5,10-11,20,22H,6-9H2,1H3. The number of aromatic nitrogens is 1. The fourth-order valence-corrected chi connectivity index (χ4v) is 5.20. The van der Waals surface area contributed by atoms with Crippen molar-refractivity contribution in [1.82, 2.24) is 4.98 Å². The number of nitrogens with zero attached hydrogens (tertiary/aromatic N) is 2. The number of aromatic hydroxyl groups is 1. The molecule has 2 N–H and O–H groups in total. The smallest absolute Gasteiger partial charge is 0.265 e. The molecule has 0 aliphatic carbocycles. The van der Waals surface area contributed by atoms with Gasteiger partial charge in [-0.1, -0.05) is 17.4 Å². The van der Waals surface area contributed by atoms with Crippen LogP contribution in [-0.4, -0.2) is 44.8 Å². The van der Waals surface area contributed by atoms with Gasteiger partial charge < -0.3 is 14.7 Å². The lowest BCUT2D eigenvalue weighted by Gasteiger charge is -2.25. The lowest BCUT2D eigenvalue weighted by atomic mass is 10.2. The van der Waals surface area contributed by atoms with Gasteiger partial charge in [0, 0.05) is 13.1 Å². The lowest BCUT2D eigenvalue weighted by Crippen LogP contribution is -2.36. The molecule has 2 aromatic carbocycles. The largest absolute Gasteiger partial charge is 0.507 e. The van der Waals surface area contributed by atoms with Crippen LogP contribution in [0.25, 0.3) is 10.2 Å². The molecule has 4 rings (SSSR count). The molecule has 2 heterocycles. The third-order valence-electron chi connectivity index (χ3n) is 4.32. The predicted octanol–water partition coefficient (Wildman–Crippen LogP) is 2.95. The molecule has 0 bridgehead atoms. The van der Waals surface area contributed by atoms with Crippen molar-refractivity contribution >= 4 is 42.4 Å². The van der Waals surface area contributed by atoms with Crippen molar-refractivity contribution in [3.8, 4) is 5.75 Å². The summed E-state index contributed by atoms with van der Waals surface area (Å²) < 4.78 is 34.1. The maximum Gasteiger partial charge on any atom is 0.265 e. The van der Waals surface area contributed by atoms with Gasteiger partial charge in [-0.05, 0) is 42.8 Å². The van der Waals surface area contributed by atoms with Crippen LogP contribution in [0.3, 0.4) is 0 Å². The Labute approximate surface area is 161 Å². The van der Waals surface area contributed by atoms with Gasteiger partial charge in [-0.2, -0.15) is 0 Å². The van der Waals surface area contributed by atoms with Crippen LogP contribution in [0.1, 0.15) is 5.56 Å². The molecule has 0 spiro atoms. The molecule has 0 radical (unpaired) electrons. The molecule has 1 aromatic heterocycles. The Bertz CT molecular complexity index is 1090. The zero-order valence-corrected chi connectivity index (χ0v) is 16.3. The van der Waals surface area contributed by atoms with Crippen LogP contribution in [0.15, 0.2) is 41.3 Å². The Kier molecular flexibility index (Phi) is 4.67. The molecule has 7 nitrogen and oxygen atoms in total. The predicted molar refractivity (Wildman–Crippen MR) is 106 cm³/mol. The van der Waals surface area contributed by atoms with E-state index in [2.05, 4.69) is 14.6 Å². The first kappa shape index (κ1) is 18.0. The highest BCUT2D eigenvalue weighted by Gasteiger charge is 2.20. The summed E-state index contributed by atoms with van der Waals surface area (Å²) >= 11 is 1.52. The number of anilines is 2. The van der Waals surface area contributed by atoms with Crippen molar-refractivity contribution in [2.75, 3.05) is 35.9 Å². The summed E-state index contributed by atoms with van der Waals surface area (Å²) in [6.45, 7) is 4.73. The highest BCUT2D eigenvalue weighted by molar-refractivity contribution is 7.92. The topological polar surface area (TPSA) is 91.8 Å². The number of aryl methyl sites for hydroxylation is 1. The zero-order valence-electron chi connectivity index (χ0n) is 14.7. The van der Waals surface area contributed by atoms with Gasteiger partial charge in [0.1, 0.15) is 10.6 Å². The number of phenols is 1. The summed E-state index contributed by atoms with van der Waals surface area (Å²) in [6, 6.07) is 9.72. The van der Waals surface area contributed by atoms with E-state index in [0.717, 1.165) is 34.0 Å². The van der Waals surface area contributed by atoms with Gasteiger partial charge in [-0.15, -0.1) is 0 Å². The van der Waals surface area contributed by atoms with Crippen LogP contribution < -0.4 is 9.62 Å². The van der Waals surface area contributed by atoms with E-state index in [1.807, 2.05) is 0 Å². The first-order valence-corrected chi connectivity index (χ1v) is 10.8. The van der Waals surface area contributed by atoms with Crippen molar-refractivity contribution < 1.29 is 18.3 Å². The van der Waals surface area contributed by atoms with Crippen molar-refractivity contribution in [3.05, 3.63) is 42.0 Å². The highest BCUT2D eigenvalue weighted by atomic mass is 32.2. The molecule has 0 amide bonds. The number of morpholine rings is 1. The molecule has 1 aliphatic heterocycles. The van der Waals surface area contributed by atoms with E-state index < -0.39 is 10.0 Å². The van der Waals surface area contributed by atoms with Gasteiger partial charge in [0.05, 0.1) is 29.1 Å². The molecule has 0 unspecified atom stereocenters. The Hall–Kier alpha value is -2.36. The van der Waals surface area contributed by atoms with E-state index in [1.54, 1.807) is 31.2 Å². The number of sulfonamides is 1. The van der Waals surface area contributed by atoms with Crippen LogP contribution in [0, 0.1) is 6.92 Å². The number of hydrogen-bond donors (Lipinski definition) is 2. The number of thiazole rings is 1. The first-order valence-electron chi connectivity index (χ1n) is 8.48. The zero-order chi connectivity index (χ0) is 19.0. The van der Waals surface area contributed by atoms with Crippen molar-refractivity contribution in [2.45, 2.75) is 11.8 Å². The van der Waals surface area contributed by atoms with Crippen molar-refractivity contribution in [2.24, 2.45) is 0 Å². The normalized spacial score (nSPS) is 15.2. The summed E-state index contributed by atoms with van der Waals surface area (Å²) in [5.74, 6) is -0.276. The van der Waals surface area contributed by atoms with E-state index in [-0.39, 0.29) is 10.6 Å².